The Labute approximate surface area is 277 Å². The number of carbonyl (C=O) groups is 3. The van der Waals surface area contributed by atoms with Crippen molar-refractivity contribution < 1.29 is 52.0 Å². The fourth-order valence-electron chi connectivity index (χ4n) is 4.33. The maximum atomic E-state index is 12.4. The third-order valence-electron chi connectivity index (χ3n) is 7.10. The first-order chi connectivity index (χ1) is 21.9. The number of carbonyl (C=O) groups excluding carboxylic acids is 3. The molecule has 0 heterocycles. The Morgan fingerprint density at radius 3 is 2.00 bits per heavy atom. The van der Waals surface area contributed by atoms with Gasteiger partial charge in [-0.15, -0.1) is 0 Å². The molecule has 0 fully saturated rings. The van der Waals surface area contributed by atoms with Crippen LogP contribution in [0.25, 0.3) is 0 Å². The number of nitrogens with zero attached hydrogens (tertiary/aromatic N) is 1. The van der Waals surface area contributed by atoms with Crippen molar-refractivity contribution in [2.45, 2.75) is 128 Å². The van der Waals surface area contributed by atoms with E-state index in [1.165, 1.54) is 50.7 Å². The van der Waals surface area contributed by atoms with Crippen molar-refractivity contribution in [1.29, 1.82) is 0 Å². The monoisotopic (exact) mass is 676 g/mol. The maximum absolute atomic E-state index is 12.4. The van der Waals surface area contributed by atoms with Crippen molar-refractivity contribution >= 4 is 26.0 Å². The van der Waals surface area contributed by atoms with Crippen LogP contribution in [0.2, 0.25) is 0 Å². The van der Waals surface area contributed by atoms with Crippen molar-refractivity contribution in [2.75, 3.05) is 47.5 Å². The predicted molar refractivity (Wildman–Crippen MR) is 180 cm³/mol. The first-order valence-electron chi connectivity index (χ1n) is 17.1. The third-order valence-corrected chi connectivity index (χ3v) is 8.09. The van der Waals surface area contributed by atoms with E-state index in [2.05, 4.69) is 19.1 Å². The first-order valence-corrected chi connectivity index (χ1v) is 18.6. The zero-order valence-electron chi connectivity index (χ0n) is 28.9. The molecule has 46 heavy (non-hydrogen) atoms. The molecule has 0 aromatic carbocycles. The molecule has 11 nitrogen and oxygen atoms in total. The van der Waals surface area contributed by atoms with Gasteiger partial charge in [-0.25, -0.2) is 4.57 Å². The van der Waals surface area contributed by atoms with Gasteiger partial charge in [-0.3, -0.25) is 23.4 Å². The SMILES string of the molecule is CCCCCCCC/C=C\CCCCCCCC(=O)OC[C@H](COP(=O)(O)OCC[N+](C)(C)C)OC(=O)CCCC(O)/C=C/C=O. The van der Waals surface area contributed by atoms with Gasteiger partial charge in [-0.1, -0.05) is 76.5 Å². The van der Waals surface area contributed by atoms with E-state index in [1.54, 1.807) is 0 Å². The number of phosphoric ester groups is 1. The topological polar surface area (TPSA) is 146 Å². The third kappa shape index (κ3) is 30.8. The van der Waals surface area contributed by atoms with E-state index in [4.69, 9.17) is 18.5 Å². The Balaban J connectivity index is 4.45. The molecular formula is C34H63NO10P+. The molecule has 0 aromatic heterocycles. The van der Waals surface area contributed by atoms with E-state index in [0.29, 0.717) is 23.7 Å². The summed E-state index contributed by atoms with van der Waals surface area (Å²) in [5, 5.41) is 9.77. The van der Waals surface area contributed by atoms with Crippen LogP contribution in [0.3, 0.4) is 0 Å². The van der Waals surface area contributed by atoms with Gasteiger partial charge < -0.3 is 24.0 Å². The van der Waals surface area contributed by atoms with Gasteiger partial charge in [0.2, 0.25) is 0 Å². The number of hydrogen-bond donors (Lipinski definition) is 2. The fourth-order valence-corrected chi connectivity index (χ4v) is 5.07. The van der Waals surface area contributed by atoms with Crippen molar-refractivity contribution in [3.63, 3.8) is 0 Å². The molecule has 3 atom stereocenters. The van der Waals surface area contributed by atoms with Crippen molar-refractivity contribution in [3.8, 4) is 0 Å². The summed E-state index contributed by atoms with van der Waals surface area (Å²) in [6.45, 7) is 1.84. The summed E-state index contributed by atoms with van der Waals surface area (Å²) >= 11 is 0. The summed E-state index contributed by atoms with van der Waals surface area (Å²) in [5.74, 6) is -1.10. The summed E-state index contributed by atoms with van der Waals surface area (Å²) < 4.78 is 33.6. The molecule has 0 aromatic rings. The van der Waals surface area contributed by atoms with Crippen LogP contribution in [0.4, 0.5) is 0 Å². The Hall–Kier alpha value is -1.88. The number of likely N-dealkylation sites (N-methyl/N-ethyl adjacent to an activating group) is 1. The van der Waals surface area contributed by atoms with Gasteiger partial charge in [-0.2, -0.15) is 0 Å². The largest absolute Gasteiger partial charge is 0.472 e. The van der Waals surface area contributed by atoms with E-state index >= 15 is 0 Å². The second-order valence-electron chi connectivity index (χ2n) is 12.7. The minimum atomic E-state index is -4.43. The van der Waals surface area contributed by atoms with Gasteiger partial charge in [0.1, 0.15) is 26.0 Å². The highest BCUT2D eigenvalue weighted by Crippen LogP contribution is 2.43. The molecule has 0 aliphatic heterocycles. The number of aldehydes is 1. The number of esters is 2. The van der Waals surface area contributed by atoms with Crippen LogP contribution in [0.1, 0.15) is 116 Å². The van der Waals surface area contributed by atoms with Gasteiger partial charge in [0.25, 0.3) is 0 Å². The van der Waals surface area contributed by atoms with Crippen LogP contribution in [-0.4, -0.2) is 92.4 Å². The van der Waals surface area contributed by atoms with Crippen LogP contribution < -0.4 is 0 Å². The lowest BCUT2D eigenvalue weighted by molar-refractivity contribution is -0.870. The Bertz CT molecular complexity index is 903. The summed E-state index contributed by atoms with van der Waals surface area (Å²) in [7, 11) is 1.29. The van der Waals surface area contributed by atoms with Crippen LogP contribution in [0.15, 0.2) is 24.3 Å². The van der Waals surface area contributed by atoms with Crippen molar-refractivity contribution in [2.24, 2.45) is 0 Å². The maximum Gasteiger partial charge on any atom is 0.472 e. The molecule has 0 spiro atoms. The van der Waals surface area contributed by atoms with Gasteiger partial charge in [-0.05, 0) is 51.0 Å². The van der Waals surface area contributed by atoms with Crippen LogP contribution in [-0.2, 0) is 37.5 Å². The highest BCUT2D eigenvalue weighted by atomic mass is 31.2. The first kappa shape index (κ1) is 44.1. The Morgan fingerprint density at radius 2 is 1.39 bits per heavy atom. The summed E-state index contributed by atoms with van der Waals surface area (Å²) in [5.41, 5.74) is 0. The lowest BCUT2D eigenvalue weighted by Gasteiger charge is -2.24. The molecule has 0 amide bonds. The van der Waals surface area contributed by atoms with Gasteiger partial charge >= 0.3 is 19.8 Å². The van der Waals surface area contributed by atoms with Crippen LogP contribution >= 0.6 is 7.82 Å². The molecule has 0 bridgehead atoms. The number of hydrogen-bond acceptors (Lipinski definition) is 9. The standard InChI is InChI=1S/C34H62NO10P/c1-5-6-7-8-9-10-11-12-13-14-15-16-17-18-19-24-33(38)42-29-32(30-44-46(40,41)43-28-26-35(2,3)4)45-34(39)25-20-22-31(37)23-21-27-36/h12-13,21,23,27,31-32,37H,5-11,14-20,22,24-26,28-30H2,1-4H3/p+1/b13-12-,23-21+/t31?,32-/m1/s1. The normalized spacial score (nSPS) is 14.7. The average Bonchev–Trinajstić information content (AvgIpc) is 2.98. The molecule has 0 rings (SSSR count). The quantitative estimate of drug-likeness (QED) is 0.0157. The molecular weight excluding hydrogens is 613 g/mol. The predicted octanol–water partition coefficient (Wildman–Crippen LogP) is 6.61. The number of aliphatic hydroxyl groups excluding tert-OH is 1. The summed E-state index contributed by atoms with van der Waals surface area (Å²) in [4.78, 5) is 45.1. The van der Waals surface area contributed by atoms with Crippen LogP contribution in [0, 0.1) is 0 Å². The molecule has 0 radical (unpaired) electrons. The summed E-state index contributed by atoms with van der Waals surface area (Å²) in [6, 6.07) is 0. The van der Waals surface area contributed by atoms with Crippen molar-refractivity contribution in [3.05, 3.63) is 24.3 Å². The molecule has 0 aliphatic carbocycles. The number of phosphoric acid groups is 1. The molecule has 2 unspecified atom stereocenters. The minimum absolute atomic E-state index is 0.0203. The lowest BCUT2D eigenvalue weighted by atomic mass is 10.1. The summed E-state index contributed by atoms with van der Waals surface area (Å²) in [6.07, 6.45) is 21.3. The second-order valence-corrected chi connectivity index (χ2v) is 14.2. The van der Waals surface area contributed by atoms with E-state index in [-0.39, 0.29) is 38.9 Å². The second kappa shape index (κ2) is 28.2. The number of unbranched alkanes of at least 4 members (excludes halogenated alkanes) is 11. The number of rotatable bonds is 31. The van der Waals surface area contributed by atoms with Crippen molar-refractivity contribution in [1.82, 2.24) is 0 Å². The highest BCUT2D eigenvalue weighted by Gasteiger charge is 2.27. The average molecular weight is 677 g/mol. The van der Waals surface area contributed by atoms with E-state index in [0.717, 1.165) is 38.5 Å². The molecule has 268 valence electrons. The smallest absolute Gasteiger partial charge is 0.462 e. The Morgan fingerprint density at radius 1 is 0.804 bits per heavy atom. The zero-order chi connectivity index (χ0) is 34.5. The molecule has 12 heteroatoms. The highest BCUT2D eigenvalue weighted by molar-refractivity contribution is 7.47. The molecule has 0 saturated carbocycles. The minimum Gasteiger partial charge on any atom is -0.462 e. The van der Waals surface area contributed by atoms with E-state index < -0.39 is 38.6 Å². The molecule has 0 saturated heterocycles. The molecule has 2 N–H and O–H groups in total. The van der Waals surface area contributed by atoms with E-state index in [9.17, 15) is 28.9 Å². The van der Waals surface area contributed by atoms with Gasteiger partial charge in [0, 0.05) is 12.8 Å². The number of aliphatic hydroxyl groups is 1. The fraction of sp³-hybridized carbons (Fsp3) is 0.794. The lowest BCUT2D eigenvalue weighted by Crippen LogP contribution is -2.37. The van der Waals surface area contributed by atoms with E-state index in [1.807, 2.05) is 21.1 Å². The number of quaternary nitrogens is 1. The van der Waals surface area contributed by atoms with Gasteiger partial charge in [0.15, 0.2) is 6.10 Å². The zero-order valence-corrected chi connectivity index (χ0v) is 29.8. The number of allylic oxidation sites excluding steroid dienone is 3. The number of ether oxygens (including phenoxy) is 2. The molecule has 0 aliphatic rings. The Kier molecular flexibility index (Phi) is 27.0. The van der Waals surface area contributed by atoms with Crippen LogP contribution in [0.5, 0.6) is 0 Å². The van der Waals surface area contributed by atoms with Gasteiger partial charge in [0.05, 0.1) is 33.9 Å².